The van der Waals surface area contributed by atoms with Gasteiger partial charge < -0.3 is 0 Å². The van der Waals surface area contributed by atoms with Crippen molar-refractivity contribution in [2.75, 3.05) is 0 Å². The number of rotatable bonds is 13. The van der Waals surface area contributed by atoms with E-state index in [1.54, 1.807) is 0 Å². The van der Waals surface area contributed by atoms with Gasteiger partial charge in [0.2, 0.25) is 0 Å². The maximum absolute atomic E-state index is 3.83. The van der Waals surface area contributed by atoms with Gasteiger partial charge in [-0.15, -0.1) is 0 Å². The molecule has 0 N–H and O–H groups in total. The van der Waals surface area contributed by atoms with Gasteiger partial charge in [0.1, 0.15) is 0 Å². The van der Waals surface area contributed by atoms with Crippen molar-refractivity contribution in [3.63, 3.8) is 0 Å². The van der Waals surface area contributed by atoms with Crippen molar-refractivity contribution in [1.82, 2.24) is 0 Å². The van der Waals surface area contributed by atoms with Gasteiger partial charge in [0.15, 0.2) is 0 Å². The zero-order valence-electron chi connectivity index (χ0n) is 12.9. The third kappa shape index (κ3) is 17.2. The lowest BCUT2D eigenvalue weighted by Gasteiger charge is -1.95. The Morgan fingerprint density at radius 3 is 1.74 bits per heavy atom. The van der Waals surface area contributed by atoms with Crippen molar-refractivity contribution in [2.24, 2.45) is 0 Å². The minimum absolute atomic E-state index is 1.05. The molecule has 0 atom stereocenters. The molecular formula is C19H33. The van der Waals surface area contributed by atoms with Crippen LogP contribution < -0.4 is 0 Å². The van der Waals surface area contributed by atoms with E-state index >= 15 is 0 Å². The molecule has 0 aliphatic rings. The molecule has 0 aromatic carbocycles. The molecule has 0 saturated carbocycles. The Hall–Kier alpha value is -0.780. The van der Waals surface area contributed by atoms with Crippen molar-refractivity contribution in [1.29, 1.82) is 0 Å². The summed E-state index contributed by atoms with van der Waals surface area (Å²) in [5.41, 5.74) is 0. The molecule has 0 heterocycles. The fourth-order valence-corrected chi connectivity index (χ4v) is 1.91. The molecule has 0 unspecified atom stereocenters. The smallest absolute Gasteiger partial charge is 0.0169 e. The van der Waals surface area contributed by atoms with Gasteiger partial charge in [-0.2, -0.15) is 0 Å². The normalized spacial score (nSPS) is 12.3. The van der Waals surface area contributed by atoms with Crippen LogP contribution in [0.3, 0.4) is 0 Å². The highest BCUT2D eigenvalue weighted by atomic mass is 13.9. The number of unbranched alkanes of at least 4 members (excludes halogenated alkanes) is 7. The van der Waals surface area contributed by atoms with Crippen LogP contribution in [0.15, 0.2) is 36.5 Å². The van der Waals surface area contributed by atoms with Gasteiger partial charge in [0, 0.05) is 0 Å². The van der Waals surface area contributed by atoms with Gasteiger partial charge in [0.05, 0.1) is 0 Å². The lowest BCUT2D eigenvalue weighted by molar-refractivity contribution is 0.637. The van der Waals surface area contributed by atoms with E-state index < -0.39 is 0 Å². The van der Waals surface area contributed by atoms with Crippen LogP contribution in [0.2, 0.25) is 0 Å². The first-order valence-corrected chi connectivity index (χ1v) is 8.16. The van der Waals surface area contributed by atoms with E-state index in [-0.39, 0.29) is 0 Å². The molecule has 0 aromatic heterocycles. The largest absolute Gasteiger partial charge is 0.0882 e. The van der Waals surface area contributed by atoms with Crippen LogP contribution in [0.4, 0.5) is 0 Å². The summed E-state index contributed by atoms with van der Waals surface area (Å²) in [7, 11) is 0. The van der Waals surface area contributed by atoms with Crippen molar-refractivity contribution in [3.8, 4) is 0 Å². The van der Waals surface area contributed by atoms with E-state index in [9.17, 15) is 0 Å². The predicted molar refractivity (Wildman–Crippen MR) is 89.2 cm³/mol. The molecule has 0 saturated heterocycles. The van der Waals surface area contributed by atoms with Gasteiger partial charge in [-0.3, -0.25) is 0 Å². The fraction of sp³-hybridized carbons (Fsp3) is 0.632. The van der Waals surface area contributed by atoms with Crippen LogP contribution in [-0.2, 0) is 0 Å². The van der Waals surface area contributed by atoms with Crippen LogP contribution >= 0.6 is 0 Å². The maximum atomic E-state index is 3.83. The predicted octanol–water partition coefficient (Wildman–Crippen LogP) is 6.80. The lowest BCUT2D eigenvalue weighted by Crippen LogP contribution is -1.75. The monoisotopic (exact) mass is 261 g/mol. The Morgan fingerprint density at radius 2 is 1.16 bits per heavy atom. The van der Waals surface area contributed by atoms with Crippen LogP contribution in [0, 0.1) is 6.92 Å². The molecule has 0 fully saturated rings. The van der Waals surface area contributed by atoms with Crippen molar-refractivity contribution < 1.29 is 0 Å². The third-order valence-corrected chi connectivity index (χ3v) is 3.14. The average molecular weight is 261 g/mol. The summed E-state index contributed by atoms with van der Waals surface area (Å²) >= 11 is 0. The molecule has 109 valence electrons. The van der Waals surface area contributed by atoms with Crippen molar-refractivity contribution >= 4 is 0 Å². The van der Waals surface area contributed by atoms with E-state index in [4.69, 9.17) is 0 Å². The Kier molecular flexibility index (Phi) is 16.5. The van der Waals surface area contributed by atoms with Gasteiger partial charge in [-0.25, -0.2) is 0 Å². The summed E-state index contributed by atoms with van der Waals surface area (Å²) in [5, 5.41) is 0. The number of hydrogen-bond donors (Lipinski definition) is 0. The summed E-state index contributed by atoms with van der Waals surface area (Å²) < 4.78 is 0. The van der Waals surface area contributed by atoms with Crippen molar-refractivity contribution in [3.05, 3.63) is 43.4 Å². The Morgan fingerprint density at radius 1 is 0.632 bits per heavy atom. The molecule has 0 amide bonds. The first-order chi connectivity index (χ1) is 9.41. The molecule has 0 aliphatic heterocycles. The summed E-state index contributed by atoms with van der Waals surface area (Å²) in [6.07, 6.45) is 27.4. The highest BCUT2D eigenvalue weighted by molar-refractivity contribution is 4.97. The van der Waals surface area contributed by atoms with Crippen LogP contribution in [0.5, 0.6) is 0 Å². The van der Waals surface area contributed by atoms with E-state index in [2.05, 4.69) is 50.3 Å². The Balaban J connectivity index is 3.25. The van der Waals surface area contributed by atoms with Gasteiger partial charge in [-0.05, 0) is 38.5 Å². The molecule has 1 radical (unpaired) electrons. The third-order valence-electron chi connectivity index (χ3n) is 3.14. The van der Waals surface area contributed by atoms with E-state index in [1.165, 1.54) is 51.4 Å². The fourth-order valence-electron chi connectivity index (χ4n) is 1.91. The highest BCUT2D eigenvalue weighted by Gasteiger charge is 1.85. The van der Waals surface area contributed by atoms with E-state index in [1.807, 2.05) is 0 Å². The minimum Gasteiger partial charge on any atom is -0.0882 e. The highest BCUT2D eigenvalue weighted by Crippen LogP contribution is 2.05. The summed E-state index contributed by atoms with van der Waals surface area (Å²) in [6.45, 7) is 6.10. The summed E-state index contributed by atoms with van der Waals surface area (Å²) in [4.78, 5) is 0. The zero-order valence-corrected chi connectivity index (χ0v) is 12.9. The van der Waals surface area contributed by atoms with Gasteiger partial charge in [-0.1, -0.05) is 82.4 Å². The molecule has 0 nitrogen and oxygen atoms in total. The molecule has 0 aliphatic carbocycles. The van der Waals surface area contributed by atoms with Gasteiger partial charge in [0.25, 0.3) is 0 Å². The first-order valence-electron chi connectivity index (χ1n) is 8.16. The molecule has 19 heavy (non-hydrogen) atoms. The van der Waals surface area contributed by atoms with Crippen LogP contribution in [-0.4, -0.2) is 0 Å². The second-order valence-electron chi connectivity index (χ2n) is 5.08. The Bertz CT molecular complexity index is 232. The molecule has 0 rings (SSSR count). The molecular weight excluding hydrogens is 228 g/mol. The Labute approximate surface area is 121 Å². The maximum Gasteiger partial charge on any atom is -0.0169 e. The first kappa shape index (κ1) is 18.2. The topological polar surface area (TPSA) is 0 Å². The number of allylic oxidation sites excluding steroid dienone is 6. The van der Waals surface area contributed by atoms with Crippen molar-refractivity contribution in [2.45, 2.75) is 77.6 Å². The summed E-state index contributed by atoms with van der Waals surface area (Å²) in [5.74, 6) is 0. The lowest BCUT2D eigenvalue weighted by atomic mass is 10.1. The second-order valence-corrected chi connectivity index (χ2v) is 5.08. The summed E-state index contributed by atoms with van der Waals surface area (Å²) in [6, 6.07) is 0. The average Bonchev–Trinajstić information content (AvgIpc) is 2.43. The van der Waals surface area contributed by atoms with Gasteiger partial charge >= 0.3 is 0 Å². The van der Waals surface area contributed by atoms with E-state index in [0.29, 0.717) is 0 Å². The number of hydrogen-bond acceptors (Lipinski definition) is 0. The molecule has 0 heteroatoms. The zero-order chi connectivity index (χ0) is 14.0. The standard InChI is InChI=1S/C19H33/c1-3-5-7-9-11-13-15-17-19-18-16-14-12-10-8-6-4-2/h9,11,15-18H,1,3-8,10,12-14,19H2,2H3. The SMILES string of the molecule is [CH2]CCCC=CCC=CCC=CCCCCCCC. The van der Waals surface area contributed by atoms with Crippen LogP contribution in [0.1, 0.15) is 77.6 Å². The second kappa shape index (κ2) is 17.2. The van der Waals surface area contributed by atoms with Crippen LogP contribution in [0.25, 0.3) is 0 Å². The molecule has 0 aromatic rings. The minimum atomic E-state index is 1.05. The quantitative estimate of drug-likeness (QED) is 0.252. The molecule has 0 bridgehead atoms. The van der Waals surface area contributed by atoms with E-state index in [0.717, 1.165) is 19.3 Å². The molecule has 0 spiro atoms.